The van der Waals surface area contributed by atoms with Gasteiger partial charge >= 0.3 is 0 Å². The maximum atomic E-state index is 13.7. The number of rotatable bonds is 3. The molecule has 1 saturated heterocycles. The largest absolute Gasteiger partial charge is 0.380 e. The normalized spacial score (nSPS) is 17.8. The van der Waals surface area contributed by atoms with Crippen LogP contribution in [0.3, 0.4) is 0 Å². The number of ether oxygens (including phenoxy) is 2. The van der Waals surface area contributed by atoms with Crippen molar-refractivity contribution in [2.75, 3.05) is 62.0 Å². The molecule has 2 aliphatic rings. The van der Waals surface area contributed by atoms with E-state index in [1.54, 1.807) is 0 Å². The minimum atomic E-state index is -2.81. The summed E-state index contributed by atoms with van der Waals surface area (Å²) in [6.07, 6.45) is -0.186. The summed E-state index contributed by atoms with van der Waals surface area (Å²) >= 11 is 0. The summed E-state index contributed by atoms with van der Waals surface area (Å²) < 4.78 is 38.4. The van der Waals surface area contributed by atoms with Gasteiger partial charge in [-0.3, -0.25) is 0 Å². The number of fused-ring (bicyclic) bond motifs is 1. The number of halogens is 2. The van der Waals surface area contributed by atoms with E-state index < -0.39 is 12.1 Å². The number of hydrogen-bond acceptors (Lipinski definition) is 9. The monoisotopic (exact) mass is 407 g/mol. The molecule has 0 atom stereocenters. The van der Waals surface area contributed by atoms with Crippen LogP contribution >= 0.6 is 0 Å². The zero-order chi connectivity index (χ0) is 20.2. The van der Waals surface area contributed by atoms with Crippen LogP contribution < -0.4 is 16.0 Å². The minimum absolute atomic E-state index is 0.171. The number of nitrogens with two attached hydrogens (primary N) is 1. The molecule has 2 aliphatic heterocycles. The number of anilines is 3. The second kappa shape index (κ2) is 8.78. The van der Waals surface area contributed by atoms with E-state index in [-0.39, 0.29) is 11.5 Å². The number of nitrogen functional groups attached to an aromatic ring is 1. The van der Waals surface area contributed by atoms with Gasteiger partial charge in [-0.25, -0.2) is 23.7 Å². The topological polar surface area (TPSA) is 111 Å². The molecule has 29 heavy (non-hydrogen) atoms. The van der Waals surface area contributed by atoms with Crippen LogP contribution in [-0.4, -0.2) is 66.0 Å². The first kappa shape index (κ1) is 19.6. The smallest absolute Gasteiger partial charge is 0.281 e. The van der Waals surface area contributed by atoms with Gasteiger partial charge < -0.3 is 25.4 Å². The van der Waals surface area contributed by atoms with Gasteiger partial charge in [-0.1, -0.05) is 0 Å². The van der Waals surface area contributed by atoms with Crippen molar-refractivity contribution < 1.29 is 18.3 Å². The molecule has 0 aromatic carbocycles. The molecule has 1 fully saturated rings. The lowest BCUT2D eigenvalue weighted by molar-refractivity contribution is 0.122. The van der Waals surface area contributed by atoms with E-state index in [1.807, 2.05) is 4.90 Å². The Morgan fingerprint density at radius 3 is 2.66 bits per heavy atom. The van der Waals surface area contributed by atoms with E-state index in [0.717, 1.165) is 12.0 Å². The van der Waals surface area contributed by atoms with Gasteiger partial charge in [-0.15, -0.1) is 0 Å². The maximum absolute atomic E-state index is 13.7. The van der Waals surface area contributed by atoms with Crippen LogP contribution in [0, 0.1) is 0 Å². The van der Waals surface area contributed by atoms with Crippen LogP contribution in [-0.2, 0) is 15.9 Å². The fourth-order valence-corrected chi connectivity index (χ4v) is 3.44. The first-order valence-electron chi connectivity index (χ1n) is 9.59. The Hall–Kier alpha value is -2.66. The average Bonchev–Trinajstić information content (AvgIpc) is 2.85. The third kappa shape index (κ3) is 4.35. The highest BCUT2D eigenvalue weighted by Gasteiger charge is 2.25. The number of aromatic nitrogens is 4. The van der Waals surface area contributed by atoms with Crippen LogP contribution in [0.5, 0.6) is 0 Å². The molecular weight excluding hydrogens is 384 g/mol. The molecular formula is C18H23F2N7O2. The molecule has 0 spiro atoms. The van der Waals surface area contributed by atoms with Gasteiger partial charge in [0, 0.05) is 43.6 Å². The molecule has 0 aliphatic carbocycles. The fourth-order valence-electron chi connectivity index (χ4n) is 3.44. The van der Waals surface area contributed by atoms with Crippen molar-refractivity contribution in [2.24, 2.45) is 0 Å². The van der Waals surface area contributed by atoms with Crippen LogP contribution in [0.15, 0.2) is 6.20 Å². The number of nitrogens with one attached hydrogen (secondary N) is 1. The molecule has 0 unspecified atom stereocenters. The summed E-state index contributed by atoms with van der Waals surface area (Å²) in [5.41, 5.74) is 6.45. The molecule has 0 bridgehead atoms. The van der Waals surface area contributed by atoms with E-state index in [2.05, 4.69) is 20.3 Å². The quantitative estimate of drug-likeness (QED) is 0.785. The van der Waals surface area contributed by atoms with Crippen LogP contribution in [0.1, 0.15) is 24.1 Å². The highest BCUT2D eigenvalue weighted by atomic mass is 19.3. The molecule has 0 radical (unpaired) electrons. The molecule has 4 heterocycles. The van der Waals surface area contributed by atoms with E-state index >= 15 is 0 Å². The van der Waals surface area contributed by atoms with Gasteiger partial charge in [0.05, 0.1) is 25.5 Å². The summed E-state index contributed by atoms with van der Waals surface area (Å²) in [6.45, 7) is 4.05. The molecule has 156 valence electrons. The SMILES string of the molecule is Nc1ncc(-c2nc(N3CCOCC3)nc3c2CCCOCCN3)c(C(F)F)n1. The molecule has 2 aromatic heterocycles. The molecule has 0 amide bonds. The van der Waals surface area contributed by atoms with Crippen molar-refractivity contribution in [1.29, 1.82) is 0 Å². The predicted octanol–water partition coefficient (Wildman–Crippen LogP) is 1.66. The highest BCUT2D eigenvalue weighted by Crippen LogP contribution is 2.35. The van der Waals surface area contributed by atoms with E-state index in [4.69, 9.17) is 20.2 Å². The van der Waals surface area contributed by atoms with Crippen LogP contribution in [0.2, 0.25) is 0 Å². The van der Waals surface area contributed by atoms with Crippen molar-refractivity contribution in [3.8, 4) is 11.3 Å². The van der Waals surface area contributed by atoms with Crippen molar-refractivity contribution in [2.45, 2.75) is 19.3 Å². The number of nitrogens with zero attached hydrogens (tertiary/aromatic N) is 5. The molecule has 4 rings (SSSR count). The molecule has 2 aromatic rings. The van der Waals surface area contributed by atoms with Gasteiger partial charge in [0.2, 0.25) is 11.9 Å². The van der Waals surface area contributed by atoms with E-state index in [1.165, 1.54) is 6.20 Å². The molecule has 0 saturated carbocycles. The third-order valence-electron chi connectivity index (χ3n) is 4.84. The Kier molecular flexibility index (Phi) is 5.95. The summed E-state index contributed by atoms with van der Waals surface area (Å²) in [6, 6.07) is 0. The lowest BCUT2D eigenvalue weighted by Crippen LogP contribution is -2.37. The first-order chi connectivity index (χ1) is 14.1. The predicted molar refractivity (Wildman–Crippen MR) is 103 cm³/mol. The fraction of sp³-hybridized carbons (Fsp3) is 0.556. The van der Waals surface area contributed by atoms with E-state index in [9.17, 15) is 8.78 Å². The minimum Gasteiger partial charge on any atom is -0.380 e. The Morgan fingerprint density at radius 2 is 1.86 bits per heavy atom. The van der Waals surface area contributed by atoms with Gasteiger partial charge in [0.15, 0.2) is 0 Å². The van der Waals surface area contributed by atoms with Crippen molar-refractivity contribution in [3.05, 3.63) is 17.5 Å². The molecule has 11 heteroatoms. The summed E-state index contributed by atoms with van der Waals surface area (Å²) in [5.74, 6) is 0.892. The summed E-state index contributed by atoms with van der Waals surface area (Å²) in [5, 5.41) is 3.27. The summed E-state index contributed by atoms with van der Waals surface area (Å²) in [4.78, 5) is 19.1. The Bertz CT molecular complexity index is 862. The first-order valence-corrected chi connectivity index (χ1v) is 9.59. The second-order valence-electron chi connectivity index (χ2n) is 6.77. The van der Waals surface area contributed by atoms with Crippen molar-refractivity contribution >= 4 is 17.7 Å². The van der Waals surface area contributed by atoms with Gasteiger partial charge in [0.1, 0.15) is 11.5 Å². The van der Waals surface area contributed by atoms with Crippen molar-refractivity contribution in [3.63, 3.8) is 0 Å². The van der Waals surface area contributed by atoms with Crippen molar-refractivity contribution in [1.82, 2.24) is 19.9 Å². The van der Waals surface area contributed by atoms with Gasteiger partial charge in [-0.2, -0.15) is 4.98 Å². The molecule has 9 nitrogen and oxygen atoms in total. The Balaban J connectivity index is 1.87. The van der Waals surface area contributed by atoms with Gasteiger partial charge in [0.25, 0.3) is 6.43 Å². The lowest BCUT2D eigenvalue weighted by atomic mass is 10.0. The summed E-state index contributed by atoms with van der Waals surface area (Å²) in [7, 11) is 0. The number of alkyl halides is 2. The number of hydrogen-bond donors (Lipinski definition) is 2. The zero-order valence-corrected chi connectivity index (χ0v) is 15.9. The molecule has 3 N–H and O–H groups in total. The highest BCUT2D eigenvalue weighted by molar-refractivity contribution is 5.72. The van der Waals surface area contributed by atoms with Gasteiger partial charge in [-0.05, 0) is 12.8 Å². The van der Waals surface area contributed by atoms with E-state index in [0.29, 0.717) is 69.9 Å². The number of morpholine rings is 1. The van der Waals surface area contributed by atoms with Crippen LogP contribution in [0.25, 0.3) is 11.3 Å². The average molecular weight is 407 g/mol. The third-order valence-corrected chi connectivity index (χ3v) is 4.84. The second-order valence-corrected chi connectivity index (χ2v) is 6.77. The Labute approximate surface area is 166 Å². The standard InChI is InChI=1S/C18H23F2N7O2/c19-15(20)14-12(10-23-17(21)24-14)13-11-2-1-6-28-7-3-22-16(11)26-18(25-13)27-4-8-29-9-5-27/h10,15H,1-9H2,(H2,21,23,24)(H,22,25,26). The Morgan fingerprint density at radius 1 is 1.07 bits per heavy atom. The maximum Gasteiger partial charge on any atom is 0.281 e. The zero-order valence-electron chi connectivity index (χ0n) is 15.9. The lowest BCUT2D eigenvalue weighted by Gasteiger charge is -2.28. The van der Waals surface area contributed by atoms with Crippen LogP contribution in [0.4, 0.5) is 26.5 Å².